The van der Waals surface area contributed by atoms with Crippen LogP contribution in [0.25, 0.3) is 5.41 Å². The van der Waals surface area contributed by atoms with Gasteiger partial charge in [0, 0.05) is 5.56 Å². The van der Waals surface area contributed by atoms with Gasteiger partial charge in [0.1, 0.15) is 5.71 Å². The maximum atomic E-state index is 8.63. The molecule has 1 aromatic rings. The van der Waals surface area contributed by atoms with E-state index >= 15 is 0 Å². The van der Waals surface area contributed by atoms with E-state index in [1.54, 1.807) is 0 Å². The quantitative estimate of drug-likeness (QED) is 0.648. The van der Waals surface area contributed by atoms with Crippen molar-refractivity contribution in [2.75, 3.05) is 0 Å². The molecule has 15 heavy (non-hydrogen) atoms. The summed E-state index contributed by atoms with van der Waals surface area (Å²) in [6, 6.07) is 7.75. The number of aliphatic imine (C=N–C) groups is 2. The van der Waals surface area contributed by atoms with Gasteiger partial charge in [-0.25, -0.2) is 15.9 Å². The van der Waals surface area contributed by atoms with Gasteiger partial charge in [-0.1, -0.05) is 41.4 Å². The molecule has 2 rings (SSSR count). The van der Waals surface area contributed by atoms with Crippen LogP contribution in [0.5, 0.6) is 0 Å². The van der Waals surface area contributed by atoms with Crippen molar-refractivity contribution in [3.05, 3.63) is 46.6 Å². The molecule has 0 saturated carbocycles. The third-order valence-electron chi connectivity index (χ3n) is 2.04. The number of aryl methyl sites for hydroxylation is 1. The summed E-state index contributed by atoms with van der Waals surface area (Å²) < 4.78 is 0. The standard InChI is InChI=1S/C11H7ClN3/c1-7-2-4-8(5-3-7)10-11(12)15-9(6-13)14-10/h2-5H,1H3/q-1. The Bertz CT molecular complexity index is 505. The predicted molar refractivity (Wildman–Crippen MR) is 62.9 cm³/mol. The van der Waals surface area contributed by atoms with E-state index in [1.165, 1.54) is 0 Å². The Morgan fingerprint density at radius 3 is 2.40 bits per heavy atom. The van der Waals surface area contributed by atoms with Gasteiger partial charge in [-0.3, -0.25) is 0 Å². The molecule has 4 heteroatoms. The zero-order valence-electron chi connectivity index (χ0n) is 8.03. The van der Waals surface area contributed by atoms with E-state index < -0.39 is 0 Å². The molecule has 0 fully saturated rings. The molecule has 0 aromatic heterocycles. The first kappa shape index (κ1) is 9.84. The van der Waals surface area contributed by atoms with E-state index in [-0.39, 0.29) is 11.0 Å². The Morgan fingerprint density at radius 1 is 1.20 bits per heavy atom. The molecule has 1 heterocycles. The van der Waals surface area contributed by atoms with Crippen LogP contribution in [0.15, 0.2) is 40.1 Å². The Hall–Kier alpha value is -1.70. The van der Waals surface area contributed by atoms with Crippen molar-refractivity contribution in [1.82, 2.24) is 0 Å². The zero-order valence-corrected chi connectivity index (χ0v) is 8.78. The van der Waals surface area contributed by atoms with Crippen LogP contribution in [-0.2, 0) is 0 Å². The van der Waals surface area contributed by atoms with Gasteiger partial charge in [0.25, 0.3) is 0 Å². The molecule has 1 aliphatic rings. The molecule has 0 radical (unpaired) electrons. The summed E-state index contributed by atoms with van der Waals surface area (Å²) in [5.74, 6) is 1.97. The Balaban J connectivity index is 2.46. The maximum absolute atomic E-state index is 8.63. The molecule has 0 spiro atoms. The van der Waals surface area contributed by atoms with Gasteiger partial charge in [0.2, 0.25) is 0 Å². The fourth-order valence-corrected chi connectivity index (χ4v) is 1.50. The van der Waals surface area contributed by atoms with Gasteiger partial charge in [0.05, 0.1) is 0 Å². The summed E-state index contributed by atoms with van der Waals surface area (Å²) in [7, 11) is 0. The minimum absolute atomic E-state index is 0.107. The SMILES string of the molecule is Cc1ccc(C2=NC(=C=[N-])N=C2Cl)cc1. The van der Waals surface area contributed by atoms with Crippen LogP contribution >= 0.6 is 11.6 Å². The van der Waals surface area contributed by atoms with Gasteiger partial charge >= 0.3 is 0 Å². The van der Waals surface area contributed by atoms with E-state index in [9.17, 15) is 0 Å². The summed E-state index contributed by atoms with van der Waals surface area (Å²) in [4.78, 5) is 7.85. The van der Waals surface area contributed by atoms with Crippen LogP contribution in [0.4, 0.5) is 0 Å². The van der Waals surface area contributed by atoms with Gasteiger partial charge in [-0.15, -0.1) is 0 Å². The Kier molecular flexibility index (Phi) is 2.50. The highest BCUT2D eigenvalue weighted by Gasteiger charge is 2.15. The smallest absolute Gasteiger partial charge is 0.175 e. The average Bonchev–Trinajstić information content (AvgIpc) is 2.61. The molecular weight excluding hydrogens is 210 g/mol. The number of halogens is 1. The summed E-state index contributed by atoms with van der Waals surface area (Å²) >= 11 is 5.87. The van der Waals surface area contributed by atoms with Crippen molar-refractivity contribution in [2.24, 2.45) is 9.98 Å². The number of rotatable bonds is 1. The van der Waals surface area contributed by atoms with Crippen LogP contribution in [0.1, 0.15) is 11.1 Å². The Labute approximate surface area is 92.3 Å². The molecule has 0 aliphatic carbocycles. The van der Waals surface area contributed by atoms with Gasteiger partial charge in [0.15, 0.2) is 11.0 Å². The van der Waals surface area contributed by atoms with Gasteiger partial charge in [-0.2, -0.15) is 0 Å². The summed E-state index contributed by atoms with van der Waals surface area (Å²) in [5.41, 5.74) is 2.60. The normalized spacial score (nSPS) is 14.7. The molecular formula is C11H7ClN3-. The first-order valence-electron chi connectivity index (χ1n) is 4.38. The van der Waals surface area contributed by atoms with E-state index in [0.717, 1.165) is 11.1 Å². The summed E-state index contributed by atoms with van der Waals surface area (Å²) in [6.07, 6.45) is 0. The fourth-order valence-electron chi connectivity index (χ4n) is 1.27. The Morgan fingerprint density at radius 2 is 1.87 bits per heavy atom. The second-order valence-corrected chi connectivity index (χ2v) is 3.52. The van der Waals surface area contributed by atoms with E-state index in [1.807, 2.05) is 37.1 Å². The van der Waals surface area contributed by atoms with Crippen LogP contribution in [0, 0.1) is 6.92 Å². The highest BCUT2D eigenvalue weighted by Crippen LogP contribution is 2.16. The molecule has 0 unspecified atom stereocenters. The van der Waals surface area contributed by atoms with Gasteiger partial charge < -0.3 is 5.41 Å². The molecule has 1 aliphatic heterocycles. The van der Waals surface area contributed by atoms with Gasteiger partial charge in [-0.05, 0) is 6.92 Å². The van der Waals surface area contributed by atoms with Crippen molar-refractivity contribution in [1.29, 1.82) is 0 Å². The molecule has 0 saturated heterocycles. The van der Waals surface area contributed by atoms with Crippen LogP contribution in [0.3, 0.4) is 0 Å². The third-order valence-corrected chi connectivity index (χ3v) is 2.31. The lowest BCUT2D eigenvalue weighted by Crippen LogP contribution is -2.05. The molecule has 74 valence electrons. The monoisotopic (exact) mass is 216 g/mol. The van der Waals surface area contributed by atoms with E-state index in [2.05, 4.69) is 9.98 Å². The predicted octanol–water partition coefficient (Wildman–Crippen LogP) is 2.52. The second kappa shape index (κ2) is 3.81. The maximum Gasteiger partial charge on any atom is 0.175 e. The molecule has 0 amide bonds. The van der Waals surface area contributed by atoms with Crippen LogP contribution in [0.2, 0.25) is 0 Å². The van der Waals surface area contributed by atoms with E-state index in [4.69, 9.17) is 17.0 Å². The lowest BCUT2D eigenvalue weighted by Gasteiger charge is -1.99. The molecule has 0 bridgehead atoms. The van der Waals surface area contributed by atoms with Crippen molar-refractivity contribution in [3.8, 4) is 0 Å². The summed E-state index contributed by atoms with van der Waals surface area (Å²) in [6.45, 7) is 2.00. The first-order chi connectivity index (χ1) is 7.20. The molecule has 3 nitrogen and oxygen atoms in total. The second-order valence-electron chi connectivity index (χ2n) is 3.16. The molecule has 0 N–H and O–H groups in total. The minimum Gasteiger partial charge on any atom is -0.760 e. The highest BCUT2D eigenvalue weighted by atomic mass is 35.5. The fraction of sp³-hybridized carbons (Fsp3) is 0.0909. The highest BCUT2D eigenvalue weighted by molar-refractivity contribution is 6.86. The average molecular weight is 217 g/mol. The zero-order chi connectivity index (χ0) is 10.8. The topological polar surface area (TPSA) is 47.0 Å². The number of benzene rings is 1. The number of nitrogens with zero attached hydrogens (tertiary/aromatic N) is 3. The van der Waals surface area contributed by atoms with Crippen LogP contribution in [-0.4, -0.2) is 16.8 Å². The largest absolute Gasteiger partial charge is 0.760 e. The first-order valence-corrected chi connectivity index (χ1v) is 4.76. The van der Waals surface area contributed by atoms with Crippen LogP contribution < -0.4 is 0 Å². The lowest BCUT2D eigenvalue weighted by atomic mass is 10.1. The lowest BCUT2D eigenvalue weighted by molar-refractivity contribution is 1.33. The number of hydrogen-bond donors (Lipinski definition) is 0. The molecule has 0 atom stereocenters. The van der Waals surface area contributed by atoms with Crippen molar-refractivity contribution in [3.63, 3.8) is 0 Å². The van der Waals surface area contributed by atoms with Crippen molar-refractivity contribution in [2.45, 2.75) is 6.92 Å². The van der Waals surface area contributed by atoms with Crippen molar-refractivity contribution < 1.29 is 0 Å². The minimum atomic E-state index is 0.107. The van der Waals surface area contributed by atoms with E-state index in [0.29, 0.717) is 5.71 Å². The number of hydrogen-bond acceptors (Lipinski definition) is 2. The van der Waals surface area contributed by atoms with Crippen molar-refractivity contribution >= 4 is 28.4 Å². The summed E-state index contributed by atoms with van der Waals surface area (Å²) in [5, 5.41) is 8.91. The third kappa shape index (κ3) is 1.89. The molecule has 1 aromatic carbocycles.